The van der Waals surface area contributed by atoms with Crippen molar-refractivity contribution in [3.8, 4) is 0 Å². The monoisotopic (exact) mass is 415 g/mol. The van der Waals surface area contributed by atoms with Gasteiger partial charge in [-0.3, -0.25) is 4.79 Å². The maximum Gasteiger partial charge on any atom is 0.416 e. The van der Waals surface area contributed by atoms with Crippen LogP contribution in [0.2, 0.25) is 0 Å². The summed E-state index contributed by atoms with van der Waals surface area (Å²) in [5, 5.41) is 2.53. The van der Waals surface area contributed by atoms with E-state index in [4.69, 9.17) is 9.47 Å². The van der Waals surface area contributed by atoms with E-state index in [2.05, 4.69) is 5.32 Å². The van der Waals surface area contributed by atoms with Gasteiger partial charge < -0.3 is 19.4 Å². The molecule has 0 fully saturated rings. The first-order valence-corrected chi connectivity index (χ1v) is 9.64. The fourth-order valence-electron chi connectivity index (χ4n) is 2.57. The third-order valence-corrected chi connectivity index (χ3v) is 4.87. The quantitative estimate of drug-likeness (QED) is 0.492. The Kier molecular flexibility index (Phi) is 7.41. The Labute approximate surface area is 162 Å². The number of hydrogen-bond donors (Lipinski definition) is 1. The number of carbonyl (C=O) groups is 1. The lowest BCUT2D eigenvalue weighted by molar-refractivity contribution is -0.176. The topological polar surface area (TPSA) is 64.6 Å². The highest BCUT2D eigenvalue weighted by atomic mass is 31.1. The molecule has 0 aliphatic rings. The molecule has 2 aromatic rings. The average Bonchev–Trinajstić information content (AvgIpc) is 2.67. The molecule has 0 spiro atoms. The predicted molar refractivity (Wildman–Crippen MR) is 101 cm³/mol. The molecule has 0 aliphatic carbocycles. The highest BCUT2D eigenvalue weighted by molar-refractivity contribution is 7.24. The molecular formula is C19H21F3NO4P. The molecule has 1 amide bonds. The Morgan fingerprint density at radius 2 is 1.43 bits per heavy atom. The molecule has 0 saturated carbocycles. The molecule has 1 N–H and O–H groups in total. The zero-order chi connectivity index (χ0) is 20.8. The van der Waals surface area contributed by atoms with E-state index in [0.717, 1.165) is 12.1 Å². The van der Waals surface area contributed by atoms with Crippen molar-refractivity contribution in [2.45, 2.75) is 25.6 Å². The first kappa shape index (κ1) is 22.1. The van der Waals surface area contributed by atoms with Gasteiger partial charge in [-0.05, 0) is 50.2 Å². The van der Waals surface area contributed by atoms with Crippen LogP contribution in [0.4, 0.5) is 18.9 Å². The molecule has 152 valence electrons. The SMILES string of the molecule is CCOC(OCC)([PH2]=O)c1ccc(C(=O)Nc2ccc(C(F)(F)F)cc2)cc1. The Hall–Kier alpha value is -2.15. The number of halogens is 3. The van der Waals surface area contributed by atoms with E-state index in [1.54, 1.807) is 26.0 Å². The standard InChI is InChI=1S/C19H21F3NO4P/c1-3-26-19(28-25,27-4-2)15-7-5-13(6-8-15)17(24)23-16-11-9-14(10-12-16)18(20,21)22/h5-12H,3-4,28H2,1-2H3,(H,23,24). The second kappa shape index (κ2) is 9.37. The second-order valence-corrected chi connectivity index (χ2v) is 6.75. The summed E-state index contributed by atoms with van der Waals surface area (Å²) in [6, 6.07) is 10.3. The molecule has 9 heteroatoms. The van der Waals surface area contributed by atoms with Gasteiger partial charge in [0.25, 0.3) is 5.91 Å². The summed E-state index contributed by atoms with van der Waals surface area (Å²) < 4.78 is 60.6. The van der Waals surface area contributed by atoms with Crippen LogP contribution < -0.4 is 5.32 Å². The van der Waals surface area contributed by atoms with Crippen molar-refractivity contribution in [1.29, 1.82) is 0 Å². The van der Waals surface area contributed by atoms with E-state index in [1.165, 1.54) is 24.3 Å². The van der Waals surface area contributed by atoms with Gasteiger partial charge in [-0.1, -0.05) is 12.1 Å². The molecule has 0 radical (unpaired) electrons. The van der Waals surface area contributed by atoms with Crippen LogP contribution in [0.5, 0.6) is 0 Å². The first-order chi connectivity index (χ1) is 13.3. The number of rotatable bonds is 8. The minimum atomic E-state index is -4.43. The fraction of sp³-hybridized carbons (Fsp3) is 0.316. The van der Waals surface area contributed by atoms with Crippen LogP contribution in [0, 0.1) is 0 Å². The van der Waals surface area contributed by atoms with Crippen LogP contribution in [-0.4, -0.2) is 19.1 Å². The summed E-state index contributed by atoms with van der Waals surface area (Å²) in [6.45, 7) is 4.11. The highest BCUT2D eigenvalue weighted by Gasteiger charge is 2.33. The zero-order valence-electron chi connectivity index (χ0n) is 15.4. The molecule has 0 saturated heterocycles. The fourth-order valence-corrected chi connectivity index (χ4v) is 3.37. The van der Waals surface area contributed by atoms with Crippen molar-refractivity contribution in [3.05, 3.63) is 65.2 Å². The number of ether oxygens (including phenoxy) is 2. The molecule has 0 bridgehead atoms. The van der Waals surface area contributed by atoms with Gasteiger partial charge in [-0.2, -0.15) is 13.2 Å². The normalized spacial score (nSPS) is 12.5. The number of carbonyl (C=O) groups excluding carboxylic acids is 1. The third kappa shape index (κ3) is 5.22. The largest absolute Gasteiger partial charge is 0.416 e. The maximum atomic E-state index is 12.6. The summed E-state index contributed by atoms with van der Waals surface area (Å²) in [5.74, 6) is -0.487. The van der Waals surface area contributed by atoms with Crippen LogP contribution in [0.1, 0.15) is 35.3 Å². The zero-order valence-corrected chi connectivity index (χ0v) is 16.5. The van der Waals surface area contributed by atoms with E-state index in [9.17, 15) is 22.5 Å². The average molecular weight is 415 g/mol. The third-order valence-electron chi connectivity index (χ3n) is 3.89. The van der Waals surface area contributed by atoms with Crippen molar-refractivity contribution < 1.29 is 32.0 Å². The first-order valence-electron chi connectivity index (χ1n) is 8.59. The van der Waals surface area contributed by atoms with E-state index in [0.29, 0.717) is 18.8 Å². The van der Waals surface area contributed by atoms with Crippen molar-refractivity contribution in [2.75, 3.05) is 18.5 Å². The van der Waals surface area contributed by atoms with Crippen molar-refractivity contribution in [3.63, 3.8) is 0 Å². The Morgan fingerprint density at radius 3 is 1.86 bits per heavy atom. The molecular weight excluding hydrogens is 394 g/mol. The highest BCUT2D eigenvalue weighted by Crippen LogP contribution is 2.38. The lowest BCUT2D eigenvalue weighted by Gasteiger charge is -2.28. The van der Waals surface area contributed by atoms with Gasteiger partial charge in [-0.15, -0.1) is 0 Å². The Morgan fingerprint density at radius 1 is 0.929 bits per heavy atom. The van der Waals surface area contributed by atoms with Gasteiger partial charge in [0.05, 0.1) is 5.56 Å². The Balaban J connectivity index is 2.16. The second-order valence-electron chi connectivity index (χ2n) is 5.76. The summed E-state index contributed by atoms with van der Waals surface area (Å²) in [4.78, 5) is 12.3. The van der Waals surface area contributed by atoms with Gasteiger partial charge in [0.2, 0.25) is 5.53 Å². The summed E-state index contributed by atoms with van der Waals surface area (Å²) in [6.07, 6.45) is -4.43. The predicted octanol–water partition coefficient (Wildman–Crippen LogP) is 4.90. The summed E-state index contributed by atoms with van der Waals surface area (Å²) in [7, 11) is -1.45. The van der Waals surface area contributed by atoms with Gasteiger partial charge in [0.1, 0.15) is 8.46 Å². The molecule has 0 heterocycles. The van der Waals surface area contributed by atoms with Gasteiger partial charge in [-0.25, -0.2) is 0 Å². The lowest BCUT2D eigenvalue weighted by Crippen LogP contribution is -2.27. The van der Waals surface area contributed by atoms with Crippen LogP contribution in [0.3, 0.4) is 0 Å². The van der Waals surface area contributed by atoms with Gasteiger partial charge in [0.15, 0.2) is 0 Å². The van der Waals surface area contributed by atoms with Crippen molar-refractivity contribution in [1.82, 2.24) is 0 Å². The lowest BCUT2D eigenvalue weighted by atomic mass is 10.1. The molecule has 1 unspecified atom stereocenters. The molecule has 5 nitrogen and oxygen atoms in total. The van der Waals surface area contributed by atoms with Crippen LogP contribution in [-0.2, 0) is 25.7 Å². The molecule has 2 rings (SSSR count). The minimum absolute atomic E-state index is 0.240. The number of hydrogen-bond acceptors (Lipinski definition) is 4. The van der Waals surface area contributed by atoms with Crippen LogP contribution >= 0.6 is 8.46 Å². The van der Waals surface area contributed by atoms with Crippen LogP contribution in [0.25, 0.3) is 0 Å². The van der Waals surface area contributed by atoms with Crippen LogP contribution in [0.15, 0.2) is 48.5 Å². The number of benzene rings is 2. The molecule has 1 atom stereocenters. The summed E-state index contributed by atoms with van der Waals surface area (Å²) >= 11 is 0. The van der Waals surface area contributed by atoms with E-state index in [-0.39, 0.29) is 11.3 Å². The smallest absolute Gasteiger partial charge is 0.341 e. The van der Waals surface area contributed by atoms with Crippen molar-refractivity contribution >= 4 is 20.1 Å². The molecule has 0 aliphatic heterocycles. The molecule has 0 aromatic heterocycles. The molecule has 28 heavy (non-hydrogen) atoms. The van der Waals surface area contributed by atoms with Gasteiger partial charge >= 0.3 is 6.18 Å². The van der Waals surface area contributed by atoms with Crippen molar-refractivity contribution in [2.24, 2.45) is 0 Å². The number of alkyl halides is 3. The maximum absolute atomic E-state index is 12.6. The summed E-state index contributed by atoms with van der Waals surface area (Å²) in [5.41, 5.74) is -1.09. The van der Waals surface area contributed by atoms with E-state index < -0.39 is 31.6 Å². The molecule has 2 aromatic carbocycles. The minimum Gasteiger partial charge on any atom is -0.341 e. The Bertz CT molecular complexity index is 801. The number of anilines is 1. The van der Waals surface area contributed by atoms with E-state index in [1.807, 2.05) is 0 Å². The number of amides is 1. The van der Waals surface area contributed by atoms with Gasteiger partial charge in [0, 0.05) is 30.0 Å². The van der Waals surface area contributed by atoms with E-state index >= 15 is 0 Å². The number of nitrogens with one attached hydrogen (secondary N) is 1.